The van der Waals surface area contributed by atoms with Gasteiger partial charge in [0.15, 0.2) is 0 Å². The highest BCUT2D eigenvalue weighted by atomic mass is 32.1. The van der Waals surface area contributed by atoms with E-state index in [4.69, 9.17) is 0 Å². The van der Waals surface area contributed by atoms with Crippen LogP contribution in [0.2, 0.25) is 0 Å². The summed E-state index contributed by atoms with van der Waals surface area (Å²) in [6, 6.07) is 13.2. The Labute approximate surface area is 92.6 Å². The molecule has 0 saturated heterocycles. The molecule has 15 heavy (non-hydrogen) atoms. The van der Waals surface area contributed by atoms with E-state index in [0.717, 1.165) is 10.8 Å². The molecule has 0 atom stereocenters. The van der Waals surface area contributed by atoms with E-state index in [1.165, 1.54) is 0 Å². The standard InChI is InChI=1S/C11H9NO2S/c13-11(12-14-15)10-7-3-5-8-4-1-2-6-9(8)10/h1-7,15H,(H,12,13). The van der Waals surface area contributed by atoms with E-state index in [0.29, 0.717) is 5.56 Å². The second-order valence-electron chi connectivity index (χ2n) is 3.05. The Morgan fingerprint density at radius 2 is 1.87 bits per heavy atom. The van der Waals surface area contributed by atoms with Gasteiger partial charge in [-0.15, -0.1) is 0 Å². The van der Waals surface area contributed by atoms with Gasteiger partial charge in [0.1, 0.15) is 0 Å². The molecule has 2 aromatic carbocycles. The van der Waals surface area contributed by atoms with Crippen LogP contribution in [-0.2, 0) is 4.28 Å². The fraction of sp³-hybridized carbons (Fsp3) is 0. The van der Waals surface area contributed by atoms with E-state index in [9.17, 15) is 4.79 Å². The molecule has 0 radical (unpaired) electrons. The van der Waals surface area contributed by atoms with Crippen molar-refractivity contribution in [3.8, 4) is 0 Å². The van der Waals surface area contributed by atoms with Crippen LogP contribution in [0.4, 0.5) is 0 Å². The zero-order valence-electron chi connectivity index (χ0n) is 7.81. The van der Waals surface area contributed by atoms with Gasteiger partial charge in [-0.1, -0.05) is 36.4 Å². The summed E-state index contributed by atoms with van der Waals surface area (Å²) in [4.78, 5) is 11.6. The van der Waals surface area contributed by atoms with Gasteiger partial charge in [-0.3, -0.25) is 4.79 Å². The van der Waals surface area contributed by atoms with Crippen LogP contribution in [0.15, 0.2) is 42.5 Å². The number of amides is 1. The number of rotatable bonds is 2. The van der Waals surface area contributed by atoms with Gasteiger partial charge in [0.25, 0.3) is 5.91 Å². The molecule has 0 unspecified atom stereocenters. The van der Waals surface area contributed by atoms with Crippen molar-refractivity contribution < 1.29 is 9.08 Å². The van der Waals surface area contributed by atoms with E-state index in [1.807, 2.05) is 36.4 Å². The van der Waals surface area contributed by atoms with E-state index >= 15 is 0 Å². The predicted octanol–water partition coefficient (Wildman–Crippen LogP) is 2.35. The van der Waals surface area contributed by atoms with Crippen LogP contribution in [0, 0.1) is 0 Å². The van der Waals surface area contributed by atoms with Crippen molar-refractivity contribution in [3.63, 3.8) is 0 Å². The van der Waals surface area contributed by atoms with Crippen molar-refractivity contribution in [2.45, 2.75) is 0 Å². The molecule has 0 aromatic heterocycles. The molecule has 0 aliphatic heterocycles. The molecule has 0 heterocycles. The number of benzene rings is 2. The molecule has 0 aliphatic rings. The van der Waals surface area contributed by atoms with Crippen LogP contribution >= 0.6 is 12.9 Å². The summed E-state index contributed by atoms with van der Waals surface area (Å²) in [5, 5.41) is 1.91. The fourth-order valence-corrected chi connectivity index (χ4v) is 1.60. The van der Waals surface area contributed by atoms with E-state index in [-0.39, 0.29) is 5.91 Å². The minimum atomic E-state index is -0.304. The Morgan fingerprint density at radius 1 is 1.13 bits per heavy atom. The van der Waals surface area contributed by atoms with Crippen molar-refractivity contribution in [1.29, 1.82) is 0 Å². The summed E-state index contributed by atoms with van der Waals surface area (Å²) >= 11 is 3.47. The molecular formula is C11H9NO2S. The maximum absolute atomic E-state index is 11.6. The van der Waals surface area contributed by atoms with Crippen LogP contribution in [0.5, 0.6) is 0 Å². The van der Waals surface area contributed by atoms with Crippen LogP contribution in [0.25, 0.3) is 10.8 Å². The Bertz CT molecular complexity index is 493. The van der Waals surface area contributed by atoms with Gasteiger partial charge in [0, 0.05) is 18.5 Å². The maximum atomic E-state index is 11.6. The lowest BCUT2D eigenvalue weighted by Gasteiger charge is -2.04. The lowest BCUT2D eigenvalue weighted by molar-refractivity contribution is 0.0804. The van der Waals surface area contributed by atoms with Gasteiger partial charge >= 0.3 is 0 Å². The fourth-order valence-electron chi connectivity index (χ4n) is 1.52. The smallest absolute Gasteiger partial charge is 0.267 e. The topological polar surface area (TPSA) is 38.3 Å². The normalized spacial score (nSPS) is 10.2. The van der Waals surface area contributed by atoms with Crippen molar-refractivity contribution in [1.82, 2.24) is 5.48 Å². The highest BCUT2D eigenvalue weighted by Gasteiger charge is 2.08. The second kappa shape index (κ2) is 4.33. The number of carbonyl (C=O) groups is 1. The third-order valence-electron chi connectivity index (χ3n) is 2.17. The van der Waals surface area contributed by atoms with Crippen LogP contribution < -0.4 is 5.48 Å². The van der Waals surface area contributed by atoms with Crippen molar-refractivity contribution >= 4 is 29.6 Å². The lowest BCUT2D eigenvalue weighted by Crippen LogP contribution is -2.20. The summed E-state index contributed by atoms with van der Waals surface area (Å²) in [5.41, 5.74) is 2.75. The zero-order chi connectivity index (χ0) is 10.7. The molecule has 2 aromatic rings. The van der Waals surface area contributed by atoms with Crippen LogP contribution in [0.3, 0.4) is 0 Å². The number of carbonyl (C=O) groups excluding carboxylic acids is 1. The molecule has 4 heteroatoms. The summed E-state index contributed by atoms with van der Waals surface area (Å²) in [6.45, 7) is 0. The molecule has 0 bridgehead atoms. The van der Waals surface area contributed by atoms with E-state index in [1.54, 1.807) is 6.07 Å². The second-order valence-corrected chi connectivity index (χ2v) is 3.23. The van der Waals surface area contributed by atoms with Crippen LogP contribution in [0.1, 0.15) is 10.4 Å². The number of fused-ring (bicyclic) bond motifs is 1. The summed E-state index contributed by atoms with van der Waals surface area (Å²) in [6.07, 6.45) is 0. The number of nitrogens with one attached hydrogen (secondary N) is 1. The largest absolute Gasteiger partial charge is 0.276 e. The first-order chi connectivity index (χ1) is 7.33. The first kappa shape index (κ1) is 10.0. The molecule has 76 valence electrons. The summed E-state index contributed by atoms with van der Waals surface area (Å²) in [5.74, 6) is -0.304. The van der Waals surface area contributed by atoms with Gasteiger partial charge in [-0.2, -0.15) is 0 Å². The summed E-state index contributed by atoms with van der Waals surface area (Å²) < 4.78 is 4.30. The van der Waals surface area contributed by atoms with Crippen molar-refractivity contribution in [2.75, 3.05) is 0 Å². The molecule has 3 nitrogen and oxygen atoms in total. The predicted molar refractivity (Wildman–Crippen MR) is 61.5 cm³/mol. The molecule has 0 saturated carbocycles. The van der Waals surface area contributed by atoms with E-state index in [2.05, 4.69) is 22.7 Å². The minimum absolute atomic E-state index is 0.304. The van der Waals surface area contributed by atoms with Crippen molar-refractivity contribution in [3.05, 3.63) is 48.0 Å². The van der Waals surface area contributed by atoms with E-state index < -0.39 is 0 Å². The highest BCUT2D eigenvalue weighted by molar-refractivity contribution is 7.75. The van der Waals surface area contributed by atoms with Crippen molar-refractivity contribution in [2.24, 2.45) is 0 Å². The number of thiol groups is 1. The number of hydrogen-bond donors (Lipinski definition) is 2. The first-order valence-corrected chi connectivity index (χ1v) is 4.78. The van der Waals surface area contributed by atoms with Gasteiger partial charge in [0.2, 0.25) is 0 Å². The first-order valence-electron chi connectivity index (χ1n) is 4.41. The Balaban J connectivity index is 2.56. The molecule has 1 N–H and O–H groups in total. The third-order valence-corrected chi connectivity index (χ3v) is 2.26. The average molecular weight is 219 g/mol. The Morgan fingerprint density at radius 3 is 2.67 bits per heavy atom. The minimum Gasteiger partial charge on any atom is -0.267 e. The molecule has 2 rings (SSSR count). The zero-order valence-corrected chi connectivity index (χ0v) is 8.70. The van der Waals surface area contributed by atoms with Gasteiger partial charge in [-0.25, -0.2) is 9.76 Å². The third kappa shape index (κ3) is 1.95. The monoisotopic (exact) mass is 219 g/mol. The Kier molecular flexibility index (Phi) is 2.89. The molecular weight excluding hydrogens is 210 g/mol. The molecule has 0 spiro atoms. The maximum Gasteiger partial charge on any atom is 0.276 e. The van der Waals surface area contributed by atoms with Crippen LogP contribution in [-0.4, -0.2) is 5.91 Å². The average Bonchev–Trinajstić information content (AvgIpc) is 2.28. The highest BCUT2D eigenvalue weighted by Crippen LogP contribution is 2.18. The molecule has 0 fully saturated rings. The molecule has 0 aliphatic carbocycles. The van der Waals surface area contributed by atoms with Gasteiger partial charge in [0.05, 0.1) is 0 Å². The summed E-state index contributed by atoms with van der Waals surface area (Å²) in [7, 11) is 0. The number of hydroxylamine groups is 1. The quantitative estimate of drug-likeness (QED) is 0.462. The van der Waals surface area contributed by atoms with Gasteiger partial charge < -0.3 is 0 Å². The van der Waals surface area contributed by atoms with Gasteiger partial charge in [-0.05, 0) is 16.8 Å². The Hall–Kier alpha value is -1.52. The number of hydrogen-bond acceptors (Lipinski definition) is 3. The molecule has 1 amide bonds. The lowest BCUT2D eigenvalue weighted by atomic mass is 10.0. The SMILES string of the molecule is O=C(NOS)c1cccc2ccccc12.